The lowest BCUT2D eigenvalue weighted by Crippen LogP contribution is -2.27. The average molecular weight is 153 g/mol. The number of hydrogen-bond acceptors (Lipinski definition) is 1. The van der Waals surface area contributed by atoms with E-state index >= 15 is 0 Å². The minimum atomic E-state index is 0.781. The highest BCUT2D eigenvalue weighted by Gasteiger charge is 2.26. The lowest BCUT2D eigenvalue weighted by atomic mass is 9.80. The third-order valence-electron chi connectivity index (χ3n) is 3.33. The summed E-state index contributed by atoms with van der Waals surface area (Å²) in [5, 5.41) is 3.62. The van der Waals surface area contributed by atoms with Gasteiger partial charge in [-0.1, -0.05) is 12.8 Å². The number of rotatable bonds is 0. The molecule has 2 aliphatic rings. The van der Waals surface area contributed by atoms with Gasteiger partial charge in [-0.2, -0.15) is 0 Å². The Balaban J connectivity index is 1.98. The van der Waals surface area contributed by atoms with E-state index < -0.39 is 0 Å². The minimum absolute atomic E-state index is 0.781. The maximum absolute atomic E-state index is 3.62. The quantitative estimate of drug-likeness (QED) is 0.562. The summed E-state index contributed by atoms with van der Waals surface area (Å²) >= 11 is 0. The lowest BCUT2D eigenvalue weighted by molar-refractivity contribution is 0.280. The Morgan fingerprint density at radius 1 is 1.09 bits per heavy atom. The smallest absolute Gasteiger partial charge is 0.00414 e. The molecular formula is C10H19N. The molecule has 1 heterocycles. The van der Waals surface area contributed by atoms with Gasteiger partial charge >= 0.3 is 0 Å². The number of fused-ring (bicyclic) bond motifs is 2. The highest BCUT2D eigenvalue weighted by molar-refractivity contribution is 4.81. The molecule has 1 nitrogen and oxygen atoms in total. The van der Waals surface area contributed by atoms with Gasteiger partial charge in [0.25, 0.3) is 0 Å². The maximum Gasteiger partial charge on any atom is 0.00414 e. The van der Waals surface area contributed by atoms with E-state index in [1.165, 1.54) is 38.6 Å². The van der Waals surface area contributed by atoms with Gasteiger partial charge in [0.05, 0.1) is 0 Å². The monoisotopic (exact) mass is 153 g/mol. The molecule has 2 fully saturated rings. The van der Waals surface area contributed by atoms with Crippen molar-refractivity contribution in [2.24, 2.45) is 11.8 Å². The Morgan fingerprint density at radius 3 is 2.82 bits per heavy atom. The molecule has 2 rings (SSSR count). The van der Waals surface area contributed by atoms with Gasteiger partial charge in [-0.3, -0.25) is 0 Å². The predicted molar refractivity (Wildman–Crippen MR) is 47.5 cm³/mol. The predicted octanol–water partition coefficient (Wildman–Crippen LogP) is 2.17. The molecule has 1 saturated carbocycles. The SMILES string of the molecule is CC1CC2CCCC(CN1)C2. The van der Waals surface area contributed by atoms with Crippen LogP contribution in [0.4, 0.5) is 0 Å². The van der Waals surface area contributed by atoms with E-state index in [1.807, 2.05) is 0 Å². The van der Waals surface area contributed by atoms with Crippen molar-refractivity contribution in [3.05, 3.63) is 0 Å². The molecule has 0 radical (unpaired) electrons. The summed E-state index contributed by atoms with van der Waals surface area (Å²) in [5.74, 6) is 2.07. The molecule has 0 spiro atoms. The van der Waals surface area contributed by atoms with Gasteiger partial charge in [0.15, 0.2) is 0 Å². The van der Waals surface area contributed by atoms with Crippen molar-refractivity contribution in [2.45, 2.75) is 45.1 Å². The van der Waals surface area contributed by atoms with Crippen LogP contribution in [0.2, 0.25) is 0 Å². The van der Waals surface area contributed by atoms with Gasteiger partial charge < -0.3 is 5.32 Å². The summed E-state index contributed by atoms with van der Waals surface area (Å²) < 4.78 is 0. The van der Waals surface area contributed by atoms with Crippen LogP contribution >= 0.6 is 0 Å². The van der Waals surface area contributed by atoms with Crippen LogP contribution in [0.5, 0.6) is 0 Å². The summed E-state index contributed by atoms with van der Waals surface area (Å²) in [5.41, 5.74) is 0. The Morgan fingerprint density at radius 2 is 1.91 bits per heavy atom. The van der Waals surface area contributed by atoms with Crippen LogP contribution in [0, 0.1) is 11.8 Å². The molecule has 2 bridgehead atoms. The molecule has 3 unspecified atom stereocenters. The second-order valence-corrected chi connectivity index (χ2v) is 4.44. The fourth-order valence-corrected chi connectivity index (χ4v) is 2.75. The van der Waals surface area contributed by atoms with Gasteiger partial charge in [0.2, 0.25) is 0 Å². The first-order valence-corrected chi connectivity index (χ1v) is 5.08. The average Bonchev–Trinajstić information content (AvgIpc) is 2.12. The van der Waals surface area contributed by atoms with Crippen LogP contribution in [0.3, 0.4) is 0 Å². The first kappa shape index (κ1) is 7.60. The van der Waals surface area contributed by atoms with Gasteiger partial charge in [-0.25, -0.2) is 0 Å². The van der Waals surface area contributed by atoms with Crippen LogP contribution in [0.25, 0.3) is 0 Å². The van der Waals surface area contributed by atoms with Gasteiger partial charge in [0.1, 0.15) is 0 Å². The summed E-state index contributed by atoms with van der Waals surface area (Å²) in [6.07, 6.45) is 7.41. The topological polar surface area (TPSA) is 12.0 Å². The van der Waals surface area contributed by atoms with Gasteiger partial charge in [-0.05, 0) is 44.6 Å². The van der Waals surface area contributed by atoms with Crippen molar-refractivity contribution < 1.29 is 0 Å². The normalized spacial score (nSPS) is 45.0. The van der Waals surface area contributed by atoms with E-state index in [-0.39, 0.29) is 0 Å². The molecule has 0 aromatic heterocycles. The first-order chi connectivity index (χ1) is 5.34. The largest absolute Gasteiger partial charge is 0.314 e. The van der Waals surface area contributed by atoms with Crippen LogP contribution in [-0.4, -0.2) is 12.6 Å². The summed E-state index contributed by atoms with van der Waals surface area (Å²) in [6, 6.07) is 0.781. The van der Waals surface area contributed by atoms with E-state index in [4.69, 9.17) is 0 Å². The van der Waals surface area contributed by atoms with E-state index in [0.717, 1.165) is 17.9 Å². The molecule has 3 atom stereocenters. The highest BCUT2D eigenvalue weighted by Crippen LogP contribution is 2.33. The molecule has 1 aliphatic carbocycles. The summed E-state index contributed by atoms with van der Waals surface area (Å²) in [6.45, 7) is 3.62. The second-order valence-electron chi connectivity index (χ2n) is 4.44. The van der Waals surface area contributed by atoms with Crippen LogP contribution in [0.1, 0.15) is 39.0 Å². The summed E-state index contributed by atoms with van der Waals surface area (Å²) in [7, 11) is 0. The van der Waals surface area contributed by atoms with Crippen molar-refractivity contribution in [3.63, 3.8) is 0 Å². The van der Waals surface area contributed by atoms with E-state index in [9.17, 15) is 0 Å². The third kappa shape index (κ3) is 1.76. The molecule has 1 N–H and O–H groups in total. The summed E-state index contributed by atoms with van der Waals surface area (Å²) in [4.78, 5) is 0. The van der Waals surface area contributed by atoms with E-state index in [1.54, 1.807) is 0 Å². The molecule has 1 saturated heterocycles. The van der Waals surface area contributed by atoms with Gasteiger partial charge in [0, 0.05) is 6.04 Å². The second kappa shape index (κ2) is 3.14. The number of hydrogen-bond donors (Lipinski definition) is 1. The molecule has 1 heteroatoms. The Kier molecular flexibility index (Phi) is 2.17. The van der Waals surface area contributed by atoms with Crippen molar-refractivity contribution in [1.82, 2.24) is 5.32 Å². The van der Waals surface area contributed by atoms with E-state index in [2.05, 4.69) is 12.2 Å². The van der Waals surface area contributed by atoms with E-state index in [0.29, 0.717) is 0 Å². The zero-order chi connectivity index (χ0) is 7.68. The number of nitrogens with one attached hydrogen (secondary N) is 1. The van der Waals surface area contributed by atoms with Crippen LogP contribution in [0.15, 0.2) is 0 Å². The highest BCUT2D eigenvalue weighted by atomic mass is 14.9. The fourth-order valence-electron chi connectivity index (χ4n) is 2.75. The zero-order valence-electron chi connectivity index (χ0n) is 7.47. The van der Waals surface area contributed by atoms with Crippen LogP contribution in [-0.2, 0) is 0 Å². The minimum Gasteiger partial charge on any atom is -0.314 e. The third-order valence-corrected chi connectivity index (χ3v) is 3.33. The van der Waals surface area contributed by atoms with Gasteiger partial charge in [-0.15, -0.1) is 0 Å². The zero-order valence-corrected chi connectivity index (χ0v) is 7.47. The lowest BCUT2D eigenvalue weighted by Gasteiger charge is -2.25. The Hall–Kier alpha value is -0.0400. The van der Waals surface area contributed by atoms with Crippen molar-refractivity contribution in [1.29, 1.82) is 0 Å². The first-order valence-electron chi connectivity index (χ1n) is 5.08. The van der Waals surface area contributed by atoms with Crippen LogP contribution < -0.4 is 5.32 Å². The van der Waals surface area contributed by atoms with Crippen molar-refractivity contribution in [3.8, 4) is 0 Å². The fraction of sp³-hybridized carbons (Fsp3) is 1.00. The molecule has 64 valence electrons. The van der Waals surface area contributed by atoms with Crippen molar-refractivity contribution >= 4 is 0 Å². The maximum atomic E-state index is 3.62. The Bertz CT molecular complexity index is 131. The van der Waals surface area contributed by atoms with Crippen molar-refractivity contribution in [2.75, 3.05) is 6.54 Å². The Labute approximate surface area is 69.6 Å². The molecule has 0 aromatic rings. The molecule has 0 amide bonds. The molecule has 0 aromatic carbocycles. The molecule has 11 heavy (non-hydrogen) atoms. The standard InChI is InChI=1S/C10H19N/c1-8-5-9-3-2-4-10(6-9)7-11-8/h8-11H,2-7H2,1H3. The molecular weight excluding hydrogens is 134 g/mol. The molecule has 1 aliphatic heterocycles.